The molecule has 0 bridgehead atoms. The SMILES string of the molecule is CC(C)CCN1CC[C@@H]2[C@H](CCCN2C(=O)c2sccc2Cl)C1. The standard InChI is InChI=1S/C18H27ClN2OS/c1-13(2)5-9-20-10-6-16-14(12-20)4-3-8-21(16)18(22)17-15(19)7-11-23-17/h7,11,13-14,16H,3-6,8-10,12H2,1-2H3/t14-,16-/m1/s1. The van der Waals surface area contributed by atoms with E-state index >= 15 is 0 Å². The maximum Gasteiger partial charge on any atom is 0.265 e. The molecule has 5 heteroatoms. The maximum absolute atomic E-state index is 12.9. The van der Waals surface area contributed by atoms with Gasteiger partial charge in [-0.3, -0.25) is 4.79 Å². The molecule has 3 heterocycles. The van der Waals surface area contributed by atoms with E-state index in [0.717, 1.165) is 43.3 Å². The number of carbonyl (C=O) groups excluding carboxylic acids is 1. The van der Waals surface area contributed by atoms with Crippen molar-refractivity contribution < 1.29 is 4.79 Å². The van der Waals surface area contributed by atoms with E-state index in [1.54, 1.807) is 0 Å². The molecule has 128 valence electrons. The van der Waals surface area contributed by atoms with Crippen LogP contribution < -0.4 is 0 Å². The lowest BCUT2D eigenvalue weighted by Gasteiger charge is -2.47. The van der Waals surface area contributed by atoms with Crippen molar-refractivity contribution in [3.05, 3.63) is 21.3 Å². The molecule has 2 aliphatic rings. The first-order chi connectivity index (χ1) is 11.1. The first kappa shape index (κ1) is 17.2. The van der Waals surface area contributed by atoms with Crippen LogP contribution in [0.5, 0.6) is 0 Å². The van der Waals surface area contributed by atoms with E-state index in [1.807, 2.05) is 11.4 Å². The predicted octanol–water partition coefficient (Wildman–Crippen LogP) is 4.37. The molecule has 1 amide bonds. The van der Waals surface area contributed by atoms with E-state index in [2.05, 4.69) is 23.6 Å². The van der Waals surface area contributed by atoms with Crippen molar-refractivity contribution in [1.82, 2.24) is 9.80 Å². The number of fused-ring (bicyclic) bond motifs is 1. The van der Waals surface area contributed by atoms with E-state index in [1.165, 1.54) is 30.7 Å². The topological polar surface area (TPSA) is 23.6 Å². The molecule has 0 unspecified atom stereocenters. The smallest absolute Gasteiger partial charge is 0.265 e. The van der Waals surface area contributed by atoms with Crippen LogP contribution in [0.3, 0.4) is 0 Å². The van der Waals surface area contributed by atoms with E-state index in [4.69, 9.17) is 11.6 Å². The lowest BCUT2D eigenvalue weighted by molar-refractivity contribution is 0.0197. The number of hydrogen-bond donors (Lipinski definition) is 0. The highest BCUT2D eigenvalue weighted by Gasteiger charge is 2.38. The summed E-state index contributed by atoms with van der Waals surface area (Å²) < 4.78 is 0. The van der Waals surface area contributed by atoms with Crippen LogP contribution in [0.1, 0.15) is 49.2 Å². The molecule has 0 saturated carbocycles. The Bertz CT molecular complexity index is 545. The van der Waals surface area contributed by atoms with Crippen molar-refractivity contribution in [2.24, 2.45) is 11.8 Å². The van der Waals surface area contributed by atoms with Crippen LogP contribution in [-0.4, -0.2) is 47.9 Å². The third-order valence-electron chi connectivity index (χ3n) is 5.25. The first-order valence-corrected chi connectivity index (χ1v) is 10.1. The average Bonchev–Trinajstić information content (AvgIpc) is 2.97. The number of amides is 1. The second-order valence-corrected chi connectivity index (χ2v) is 8.66. The molecule has 2 atom stereocenters. The molecular weight excluding hydrogens is 328 g/mol. The fourth-order valence-corrected chi connectivity index (χ4v) is 5.04. The Hall–Kier alpha value is -0.580. The molecule has 0 N–H and O–H groups in total. The highest BCUT2D eigenvalue weighted by molar-refractivity contribution is 7.12. The Morgan fingerprint density at radius 2 is 2.22 bits per heavy atom. The molecule has 2 aliphatic heterocycles. The minimum atomic E-state index is 0.148. The van der Waals surface area contributed by atoms with Gasteiger partial charge in [-0.1, -0.05) is 25.4 Å². The van der Waals surface area contributed by atoms with Gasteiger partial charge in [0.15, 0.2) is 0 Å². The third kappa shape index (κ3) is 3.92. The quantitative estimate of drug-likeness (QED) is 0.801. The second-order valence-electron chi connectivity index (χ2n) is 7.34. The van der Waals surface area contributed by atoms with Gasteiger partial charge in [-0.2, -0.15) is 0 Å². The van der Waals surface area contributed by atoms with Gasteiger partial charge in [0.05, 0.1) is 5.02 Å². The molecule has 3 rings (SSSR count). The lowest BCUT2D eigenvalue weighted by atomic mass is 9.83. The Morgan fingerprint density at radius 1 is 1.39 bits per heavy atom. The summed E-state index contributed by atoms with van der Waals surface area (Å²) in [5, 5.41) is 2.52. The normalized spacial score (nSPS) is 25.7. The van der Waals surface area contributed by atoms with Crippen LogP contribution in [0.2, 0.25) is 5.02 Å². The first-order valence-electron chi connectivity index (χ1n) is 8.82. The summed E-state index contributed by atoms with van der Waals surface area (Å²) in [5.74, 6) is 1.54. The summed E-state index contributed by atoms with van der Waals surface area (Å²) in [4.78, 5) is 18.3. The minimum Gasteiger partial charge on any atom is -0.335 e. The third-order valence-corrected chi connectivity index (χ3v) is 6.58. The van der Waals surface area contributed by atoms with Crippen molar-refractivity contribution in [3.8, 4) is 0 Å². The van der Waals surface area contributed by atoms with Gasteiger partial charge in [0, 0.05) is 25.7 Å². The summed E-state index contributed by atoms with van der Waals surface area (Å²) in [6.45, 7) is 8.94. The number of piperidine rings is 2. The number of rotatable bonds is 4. The van der Waals surface area contributed by atoms with Crippen molar-refractivity contribution in [2.45, 2.75) is 45.6 Å². The van der Waals surface area contributed by atoms with Gasteiger partial charge in [0.2, 0.25) is 0 Å². The Balaban J connectivity index is 1.65. The molecule has 2 saturated heterocycles. The fourth-order valence-electron chi connectivity index (χ4n) is 3.95. The summed E-state index contributed by atoms with van der Waals surface area (Å²) in [7, 11) is 0. The largest absolute Gasteiger partial charge is 0.335 e. The minimum absolute atomic E-state index is 0.148. The zero-order chi connectivity index (χ0) is 16.4. The second kappa shape index (κ2) is 7.54. The Morgan fingerprint density at radius 3 is 2.91 bits per heavy atom. The van der Waals surface area contributed by atoms with Gasteiger partial charge < -0.3 is 9.80 Å². The molecule has 0 aromatic carbocycles. The van der Waals surface area contributed by atoms with Gasteiger partial charge in [0.25, 0.3) is 5.91 Å². The van der Waals surface area contributed by atoms with E-state index in [9.17, 15) is 4.79 Å². The van der Waals surface area contributed by atoms with Gasteiger partial charge >= 0.3 is 0 Å². The van der Waals surface area contributed by atoms with Gasteiger partial charge in [0.1, 0.15) is 4.88 Å². The fraction of sp³-hybridized carbons (Fsp3) is 0.722. The van der Waals surface area contributed by atoms with Crippen LogP contribution in [0.15, 0.2) is 11.4 Å². The summed E-state index contributed by atoms with van der Waals surface area (Å²) in [6, 6.07) is 2.24. The maximum atomic E-state index is 12.9. The van der Waals surface area contributed by atoms with Crippen LogP contribution in [0, 0.1) is 11.8 Å². The number of halogens is 1. The van der Waals surface area contributed by atoms with Gasteiger partial charge in [-0.05, 0) is 55.5 Å². The summed E-state index contributed by atoms with van der Waals surface area (Å²) in [6.07, 6.45) is 4.75. The molecule has 1 aromatic heterocycles. The Kier molecular flexibility index (Phi) is 5.65. The molecule has 0 radical (unpaired) electrons. The monoisotopic (exact) mass is 354 g/mol. The van der Waals surface area contributed by atoms with E-state index < -0.39 is 0 Å². The molecule has 23 heavy (non-hydrogen) atoms. The zero-order valence-corrected chi connectivity index (χ0v) is 15.7. The summed E-state index contributed by atoms with van der Waals surface area (Å²) >= 11 is 7.65. The van der Waals surface area contributed by atoms with Crippen molar-refractivity contribution >= 4 is 28.8 Å². The highest BCUT2D eigenvalue weighted by Crippen LogP contribution is 2.33. The lowest BCUT2D eigenvalue weighted by Crippen LogP contribution is -2.55. The van der Waals surface area contributed by atoms with Crippen LogP contribution >= 0.6 is 22.9 Å². The molecule has 3 nitrogen and oxygen atoms in total. The highest BCUT2D eigenvalue weighted by atomic mass is 35.5. The van der Waals surface area contributed by atoms with E-state index in [0.29, 0.717) is 17.0 Å². The molecule has 0 aliphatic carbocycles. The number of hydrogen-bond acceptors (Lipinski definition) is 3. The van der Waals surface area contributed by atoms with Crippen LogP contribution in [-0.2, 0) is 0 Å². The number of thiophene rings is 1. The average molecular weight is 355 g/mol. The van der Waals surface area contributed by atoms with E-state index in [-0.39, 0.29) is 5.91 Å². The molecule has 0 spiro atoms. The molecule has 2 fully saturated rings. The number of carbonyl (C=O) groups is 1. The van der Waals surface area contributed by atoms with Crippen LogP contribution in [0.4, 0.5) is 0 Å². The predicted molar refractivity (Wildman–Crippen MR) is 97.4 cm³/mol. The van der Waals surface area contributed by atoms with Gasteiger partial charge in [-0.25, -0.2) is 0 Å². The zero-order valence-electron chi connectivity index (χ0n) is 14.1. The van der Waals surface area contributed by atoms with Crippen LogP contribution in [0.25, 0.3) is 0 Å². The number of likely N-dealkylation sites (tertiary alicyclic amines) is 2. The van der Waals surface area contributed by atoms with Crippen molar-refractivity contribution in [3.63, 3.8) is 0 Å². The molecular formula is C18H27ClN2OS. The van der Waals surface area contributed by atoms with Crippen molar-refractivity contribution in [1.29, 1.82) is 0 Å². The summed E-state index contributed by atoms with van der Waals surface area (Å²) in [5.41, 5.74) is 0. The van der Waals surface area contributed by atoms with Crippen molar-refractivity contribution in [2.75, 3.05) is 26.2 Å². The van der Waals surface area contributed by atoms with Gasteiger partial charge in [-0.15, -0.1) is 11.3 Å². The molecule has 1 aromatic rings. The Labute approximate surface area is 148 Å². The number of nitrogens with zero attached hydrogens (tertiary/aromatic N) is 2.